The zero-order valence-electron chi connectivity index (χ0n) is 19.7. The van der Waals surface area contributed by atoms with Crippen molar-refractivity contribution in [2.75, 3.05) is 0 Å². The molecule has 3 aromatic heterocycles. The van der Waals surface area contributed by atoms with Gasteiger partial charge in [-0.05, 0) is 30.3 Å². The molecule has 12 heteroatoms. The summed E-state index contributed by atoms with van der Waals surface area (Å²) in [7, 11) is 0. The maximum atomic E-state index is 13.3. The fourth-order valence-electron chi connectivity index (χ4n) is 4.53. The summed E-state index contributed by atoms with van der Waals surface area (Å²) in [6.07, 6.45) is 1.33. The lowest BCUT2D eigenvalue weighted by Gasteiger charge is -2.17. The number of nitro groups is 1. The lowest BCUT2D eigenvalue weighted by atomic mass is 9.88. The van der Waals surface area contributed by atoms with E-state index < -0.39 is 33.6 Å². The monoisotopic (exact) mass is 524 g/mol. The molecule has 0 amide bonds. The van der Waals surface area contributed by atoms with Gasteiger partial charge in [0.25, 0.3) is 5.69 Å². The number of nitro benzene ring substituents is 1. The molecule has 0 aliphatic rings. The summed E-state index contributed by atoms with van der Waals surface area (Å²) in [4.78, 5) is 37.2. The normalized spacial score (nSPS) is 11.4. The average molecular weight is 524 g/mol. The average Bonchev–Trinajstić information content (AvgIpc) is 3.42. The Morgan fingerprint density at radius 3 is 1.95 bits per heavy atom. The molecule has 6 aromatic rings. The van der Waals surface area contributed by atoms with Crippen LogP contribution >= 0.6 is 0 Å². The van der Waals surface area contributed by atoms with Crippen molar-refractivity contribution in [3.8, 4) is 17.2 Å². The largest absolute Gasteiger partial charge is 0.507 e. The third kappa shape index (κ3) is 3.87. The van der Waals surface area contributed by atoms with Crippen molar-refractivity contribution >= 4 is 27.6 Å². The first-order valence-corrected chi connectivity index (χ1v) is 11.5. The van der Waals surface area contributed by atoms with Crippen molar-refractivity contribution in [1.82, 2.24) is 15.0 Å². The van der Waals surface area contributed by atoms with E-state index in [-0.39, 0.29) is 50.1 Å². The predicted octanol–water partition coefficient (Wildman–Crippen LogP) is 3.98. The predicted molar refractivity (Wildman–Crippen MR) is 137 cm³/mol. The van der Waals surface area contributed by atoms with Crippen LogP contribution in [0.25, 0.3) is 27.6 Å². The number of aromatic hydroxyl groups is 2. The van der Waals surface area contributed by atoms with Gasteiger partial charge in [-0.25, -0.2) is 14.3 Å². The highest BCUT2D eigenvalue weighted by atomic mass is 16.6. The summed E-state index contributed by atoms with van der Waals surface area (Å²) < 4.78 is 12.1. The van der Waals surface area contributed by atoms with Crippen LogP contribution in [0.2, 0.25) is 0 Å². The topological polar surface area (TPSA) is 175 Å². The third-order valence-electron chi connectivity index (χ3n) is 6.33. The molecule has 0 saturated carbocycles. The van der Waals surface area contributed by atoms with Gasteiger partial charge in [-0.1, -0.05) is 35.5 Å². The Kier molecular flexibility index (Phi) is 5.42. The van der Waals surface area contributed by atoms with Crippen LogP contribution in [0, 0.1) is 10.1 Å². The molecule has 0 unspecified atom stereocenters. The van der Waals surface area contributed by atoms with E-state index in [1.165, 1.54) is 53.3 Å². The molecule has 0 aliphatic heterocycles. The zero-order chi connectivity index (χ0) is 27.3. The van der Waals surface area contributed by atoms with E-state index in [2.05, 4.69) is 10.3 Å². The van der Waals surface area contributed by atoms with Crippen molar-refractivity contribution < 1.29 is 24.0 Å². The second kappa shape index (κ2) is 8.95. The van der Waals surface area contributed by atoms with Gasteiger partial charge in [0, 0.05) is 12.1 Å². The summed E-state index contributed by atoms with van der Waals surface area (Å²) in [6.45, 7) is 0. The molecule has 0 saturated heterocycles. The smallest absolute Gasteiger partial charge is 0.344 e. The highest BCUT2D eigenvalue weighted by Gasteiger charge is 2.34. The van der Waals surface area contributed by atoms with Crippen LogP contribution in [0.1, 0.15) is 22.7 Å². The molecule has 6 rings (SSSR count). The standard InChI is InChI=1S/C27H16N4O8/c32-24-16-8-1-3-10-19(16)38-26(34)22(24)21(23-25(33)17-9-2-4-11-20(17)39-27(23)35)18-13-30(29-28-18)14-6-5-7-15(12-14)31(36)37/h1-13,21,32-33H. The molecular formula is C27H16N4O8. The Morgan fingerprint density at radius 2 is 1.38 bits per heavy atom. The number of aromatic nitrogens is 3. The summed E-state index contributed by atoms with van der Waals surface area (Å²) in [5, 5.41) is 42.2. The summed E-state index contributed by atoms with van der Waals surface area (Å²) in [5.41, 5.74) is -2.46. The molecule has 0 spiro atoms. The molecule has 3 aromatic carbocycles. The zero-order valence-corrected chi connectivity index (χ0v) is 19.7. The quantitative estimate of drug-likeness (QED) is 0.191. The number of rotatable bonds is 5. The van der Waals surface area contributed by atoms with Crippen molar-refractivity contribution in [3.63, 3.8) is 0 Å². The van der Waals surface area contributed by atoms with Gasteiger partial charge >= 0.3 is 11.3 Å². The Balaban J connectivity index is 1.64. The van der Waals surface area contributed by atoms with Gasteiger partial charge in [-0.2, -0.15) is 0 Å². The molecule has 0 aliphatic carbocycles. The molecule has 0 bridgehead atoms. The van der Waals surface area contributed by atoms with Gasteiger partial charge < -0.3 is 19.0 Å². The number of fused-ring (bicyclic) bond motifs is 2. The third-order valence-corrected chi connectivity index (χ3v) is 6.33. The van der Waals surface area contributed by atoms with Gasteiger partial charge in [0.15, 0.2) is 0 Å². The first-order chi connectivity index (χ1) is 18.8. The molecule has 12 nitrogen and oxygen atoms in total. The van der Waals surface area contributed by atoms with Crippen molar-refractivity contribution in [1.29, 1.82) is 0 Å². The first-order valence-electron chi connectivity index (χ1n) is 11.5. The van der Waals surface area contributed by atoms with Gasteiger partial charge in [-0.3, -0.25) is 10.1 Å². The van der Waals surface area contributed by atoms with Crippen molar-refractivity contribution in [2.24, 2.45) is 0 Å². The second-order valence-corrected chi connectivity index (χ2v) is 8.59. The Hall–Kier alpha value is -5.78. The molecule has 39 heavy (non-hydrogen) atoms. The van der Waals surface area contributed by atoms with Crippen LogP contribution < -0.4 is 11.3 Å². The van der Waals surface area contributed by atoms with Gasteiger partial charge in [0.05, 0.1) is 50.3 Å². The molecule has 192 valence electrons. The van der Waals surface area contributed by atoms with E-state index >= 15 is 0 Å². The minimum absolute atomic E-state index is 0.0442. The lowest BCUT2D eigenvalue weighted by molar-refractivity contribution is -0.384. The molecule has 2 N–H and O–H groups in total. The van der Waals surface area contributed by atoms with Crippen LogP contribution in [0.3, 0.4) is 0 Å². The fraction of sp³-hybridized carbons (Fsp3) is 0.0370. The van der Waals surface area contributed by atoms with Crippen LogP contribution in [0.15, 0.2) is 97.4 Å². The molecular weight excluding hydrogens is 508 g/mol. The first kappa shape index (κ1) is 23.6. The lowest BCUT2D eigenvalue weighted by Crippen LogP contribution is -2.21. The van der Waals surface area contributed by atoms with E-state index in [9.17, 15) is 29.9 Å². The van der Waals surface area contributed by atoms with E-state index in [0.717, 1.165) is 0 Å². The van der Waals surface area contributed by atoms with Gasteiger partial charge in [0.1, 0.15) is 22.7 Å². The van der Waals surface area contributed by atoms with Crippen LogP contribution in [0.5, 0.6) is 11.5 Å². The summed E-state index contributed by atoms with van der Waals surface area (Å²) in [5.74, 6) is -2.45. The van der Waals surface area contributed by atoms with Crippen LogP contribution in [0.4, 0.5) is 5.69 Å². The number of nitrogens with zero attached hydrogens (tertiary/aromatic N) is 4. The van der Waals surface area contributed by atoms with E-state index in [4.69, 9.17) is 8.83 Å². The van der Waals surface area contributed by atoms with E-state index in [0.29, 0.717) is 0 Å². The Morgan fingerprint density at radius 1 is 0.821 bits per heavy atom. The van der Waals surface area contributed by atoms with E-state index in [1.807, 2.05) is 0 Å². The highest BCUT2D eigenvalue weighted by Crippen LogP contribution is 2.41. The number of non-ortho nitro benzene ring substituents is 1. The maximum absolute atomic E-state index is 13.3. The summed E-state index contributed by atoms with van der Waals surface area (Å²) in [6, 6.07) is 18.1. The van der Waals surface area contributed by atoms with E-state index in [1.54, 1.807) is 30.3 Å². The summed E-state index contributed by atoms with van der Waals surface area (Å²) >= 11 is 0. The minimum atomic E-state index is -1.49. The molecule has 3 heterocycles. The Bertz CT molecular complexity index is 1940. The maximum Gasteiger partial charge on any atom is 0.344 e. The number of hydrogen-bond acceptors (Lipinski definition) is 10. The highest BCUT2D eigenvalue weighted by molar-refractivity contribution is 5.86. The van der Waals surface area contributed by atoms with Crippen LogP contribution in [-0.2, 0) is 0 Å². The fourth-order valence-corrected chi connectivity index (χ4v) is 4.53. The molecule has 0 atom stereocenters. The van der Waals surface area contributed by atoms with Crippen molar-refractivity contribution in [2.45, 2.75) is 5.92 Å². The van der Waals surface area contributed by atoms with Gasteiger partial charge in [0.2, 0.25) is 0 Å². The molecule has 0 fully saturated rings. The number of benzene rings is 3. The van der Waals surface area contributed by atoms with Crippen molar-refractivity contribution in [3.05, 3.63) is 127 Å². The Labute approximate surface area is 216 Å². The van der Waals surface area contributed by atoms with Crippen LogP contribution in [-0.4, -0.2) is 30.1 Å². The van der Waals surface area contributed by atoms with Gasteiger partial charge in [-0.15, -0.1) is 5.10 Å². The number of hydrogen-bond donors (Lipinski definition) is 2. The number of para-hydroxylation sites is 2. The second-order valence-electron chi connectivity index (χ2n) is 8.59. The minimum Gasteiger partial charge on any atom is -0.507 e. The SMILES string of the molecule is O=c1oc2ccccc2c(O)c1C(c1cn(-c2cccc([N+](=O)[O-])c2)nn1)c1c(O)c2ccccc2oc1=O. The molecule has 0 radical (unpaired) electrons.